The quantitative estimate of drug-likeness (QED) is 0.815. The monoisotopic (exact) mass is 284 g/mol. The average molecular weight is 284 g/mol. The van der Waals surface area contributed by atoms with E-state index in [4.69, 9.17) is 0 Å². The maximum absolute atomic E-state index is 11.6. The Morgan fingerprint density at radius 2 is 1.95 bits per heavy atom. The standard InChI is InChI=1S/C14H24N2O2S/c1-14(2,3)9-5-6-10-15-13-12(19(4,17)18)8-7-11-16-13/h7-8,11H,5-6,9-10H2,1-4H3,(H,15,16). The summed E-state index contributed by atoms with van der Waals surface area (Å²) >= 11 is 0. The molecule has 0 aliphatic carbocycles. The highest BCUT2D eigenvalue weighted by Crippen LogP contribution is 2.22. The Labute approximate surface area is 116 Å². The second-order valence-electron chi connectivity index (χ2n) is 6.07. The van der Waals surface area contributed by atoms with Gasteiger partial charge in [0.1, 0.15) is 10.7 Å². The number of hydrogen-bond donors (Lipinski definition) is 1. The molecule has 0 unspecified atom stereocenters. The molecule has 1 rings (SSSR count). The molecule has 0 saturated heterocycles. The van der Waals surface area contributed by atoms with Crippen LogP contribution >= 0.6 is 0 Å². The first-order valence-corrected chi connectivity index (χ1v) is 8.48. The van der Waals surface area contributed by atoms with E-state index >= 15 is 0 Å². The molecule has 0 spiro atoms. The van der Waals surface area contributed by atoms with E-state index in [-0.39, 0.29) is 4.90 Å². The zero-order valence-corrected chi connectivity index (χ0v) is 13.0. The van der Waals surface area contributed by atoms with Crippen molar-refractivity contribution in [3.63, 3.8) is 0 Å². The van der Waals surface area contributed by atoms with Gasteiger partial charge in [-0.3, -0.25) is 0 Å². The smallest absolute Gasteiger partial charge is 0.179 e. The third kappa shape index (κ3) is 6.05. The lowest BCUT2D eigenvalue weighted by Gasteiger charge is -2.17. The molecule has 1 aromatic heterocycles. The van der Waals surface area contributed by atoms with Gasteiger partial charge in [-0.25, -0.2) is 13.4 Å². The van der Waals surface area contributed by atoms with Crippen molar-refractivity contribution in [3.05, 3.63) is 18.3 Å². The summed E-state index contributed by atoms with van der Waals surface area (Å²) in [5, 5.41) is 3.12. The van der Waals surface area contributed by atoms with Gasteiger partial charge in [0.05, 0.1) is 0 Å². The SMILES string of the molecule is CC(C)(C)CCCCNc1ncccc1S(C)(=O)=O. The van der Waals surface area contributed by atoms with Crippen LogP contribution < -0.4 is 5.32 Å². The van der Waals surface area contributed by atoms with E-state index in [1.54, 1.807) is 18.3 Å². The summed E-state index contributed by atoms with van der Waals surface area (Å²) in [6, 6.07) is 3.22. The first kappa shape index (κ1) is 16.0. The molecule has 1 heterocycles. The van der Waals surface area contributed by atoms with Crippen LogP contribution in [0.1, 0.15) is 40.0 Å². The molecule has 1 N–H and O–H groups in total. The van der Waals surface area contributed by atoms with Gasteiger partial charge >= 0.3 is 0 Å². The number of anilines is 1. The molecule has 108 valence electrons. The number of rotatable bonds is 6. The maximum atomic E-state index is 11.6. The first-order valence-electron chi connectivity index (χ1n) is 6.59. The summed E-state index contributed by atoms with van der Waals surface area (Å²) in [7, 11) is -3.22. The van der Waals surface area contributed by atoms with E-state index < -0.39 is 9.84 Å². The average Bonchev–Trinajstić information content (AvgIpc) is 2.26. The van der Waals surface area contributed by atoms with E-state index in [0.29, 0.717) is 11.2 Å². The molecular weight excluding hydrogens is 260 g/mol. The van der Waals surface area contributed by atoms with E-state index in [1.807, 2.05) is 0 Å². The van der Waals surface area contributed by atoms with E-state index in [9.17, 15) is 8.42 Å². The lowest BCUT2D eigenvalue weighted by molar-refractivity contribution is 0.362. The first-order chi connectivity index (χ1) is 8.70. The van der Waals surface area contributed by atoms with Crippen LogP contribution in [0.2, 0.25) is 0 Å². The molecule has 0 fully saturated rings. The molecule has 0 atom stereocenters. The van der Waals surface area contributed by atoms with Crippen LogP contribution in [0.4, 0.5) is 5.82 Å². The van der Waals surface area contributed by atoms with Crippen LogP contribution in [0.15, 0.2) is 23.2 Å². The van der Waals surface area contributed by atoms with Crippen molar-refractivity contribution >= 4 is 15.7 Å². The van der Waals surface area contributed by atoms with Gasteiger partial charge in [-0.1, -0.05) is 27.2 Å². The Morgan fingerprint density at radius 3 is 2.53 bits per heavy atom. The molecule has 1 aromatic rings. The largest absolute Gasteiger partial charge is 0.369 e. The molecule has 0 aromatic carbocycles. The fraction of sp³-hybridized carbons (Fsp3) is 0.643. The van der Waals surface area contributed by atoms with Gasteiger partial charge in [0, 0.05) is 19.0 Å². The molecule has 0 radical (unpaired) electrons. The van der Waals surface area contributed by atoms with E-state index in [0.717, 1.165) is 25.8 Å². The van der Waals surface area contributed by atoms with Crippen molar-refractivity contribution in [2.75, 3.05) is 18.1 Å². The second-order valence-corrected chi connectivity index (χ2v) is 8.05. The Bertz CT molecular complexity index is 504. The highest BCUT2D eigenvalue weighted by molar-refractivity contribution is 7.90. The highest BCUT2D eigenvalue weighted by Gasteiger charge is 2.13. The fourth-order valence-electron chi connectivity index (χ4n) is 1.81. The second kappa shape index (κ2) is 6.37. The van der Waals surface area contributed by atoms with Gasteiger partial charge in [0.15, 0.2) is 9.84 Å². The van der Waals surface area contributed by atoms with Crippen LogP contribution in [0.3, 0.4) is 0 Å². The van der Waals surface area contributed by atoms with Crippen molar-refractivity contribution < 1.29 is 8.42 Å². The summed E-state index contributed by atoms with van der Waals surface area (Å²) in [6.07, 6.45) is 6.10. The highest BCUT2D eigenvalue weighted by atomic mass is 32.2. The Kier molecular flexibility index (Phi) is 5.35. The van der Waals surface area contributed by atoms with Crippen LogP contribution in [-0.4, -0.2) is 26.2 Å². The predicted octanol–water partition coefficient (Wildman–Crippen LogP) is 3.11. The van der Waals surface area contributed by atoms with Crippen molar-refractivity contribution in [1.82, 2.24) is 4.98 Å². The number of hydrogen-bond acceptors (Lipinski definition) is 4. The zero-order valence-electron chi connectivity index (χ0n) is 12.2. The number of unbranched alkanes of at least 4 members (excludes halogenated alkanes) is 1. The minimum atomic E-state index is -3.22. The van der Waals surface area contributed by atoms with Gasteiger partial charge in [0.25, 0.3) is 0 Å². The lowest BCUT2D eigenvalue weighted by Crippen LogP contribution is -2.10. The third-order valence-electron chi connectivity index (χ3n) is 2.82. The number of sulfone groups is 1. The van der Waals surface area contributed by atoms with Gasteiger partial charge in [-0.15, -0.1) is 0 Å². The van der Waals surface area contributed by atoms with Gasteiger partial charge in [-0.2, -0.15) is 0 Å². The number of nitrogens with one attached hydrogen (secondary N) is 1. The Morgan fingerprint density at radius 1 is 1.26 bits per heavy atom. The lowest BCUT2D eigenvalue weighted by atomic mass is 9.90. The molecule has 0 bridgehead atoms. The molecule has 0 aliphatic heterocycles. The molecule has 0 aliphatic rings. The third-order valence-corrected chi connectivity index (χ3v) is 3.94. The van der Waals surface area contributed by atoms with Gasteiger partial charge < -0.3 is 5.32 Å². The maximum Gasteiger partial charge on any atom is 0.179 e. The van der Waals surface area contributed by atoms with Crippen LogP contribution in [0.25, 0.3) is 0 Å². The molecule has 0 saturated carbocycles. The number of aromatic nitrogens is 1. The van der Waals surface area contributed by atoms with Gasteiger partial charge in [-0.05, 0) is 30.4 Å². The summed E-state index contributed by atoms with van der Waals surface area (Å²) in [5.41, 5.74) is 0.350. The normalized spacial score (nSPS) is 12.4. The molecular formula is C14H24N2O2S. The van der Waals surface area contributed by atoms with Crippen molar-refractivity contribution in [3.8, 4) is 0 Å². The Hall–Kier alpha value is -1.10. The molecule has 0 amide bonds. The fourth-order valence-corrected chi connectivity index (χ4v) is 2.61. The van der Waals surface area contributed by atoms with E-state index in [1.165, 1.54) is 6.26 Å². The van der Waals surface area contributed by atoms with Crippen LogP contribution in [-0.2, 0) is 9.84 Å². The molecule has 19 heavy (non-hydrogen) atoms. The minimum absolute atomic E-state index is 0.269. The topological polar surface area (TPSA) is 59.1 Å². The van der Waals surface area contributed by atoms with Crippen LogP contribution in [0.5, 0.6) is 0 Å². The Balaban J connectivity index is 2.51. The number of nitrogens with zero attached hydrogens (tertiary/aromatic N) is 1. The van der Waals surface area contributed by atoms with Crippen molar-refractivity contribution in [2.45, 2.75) is 44.9 Å². The summed E-state index contributed by atoms with van der Waals surface area (Å²) < 4.78 is 23.2. The van der Waals surface area contributed by atoms with Gasteiger partial charge in [0.2, 0.25) is 0 Å². The molecule has 4 nitrogen and oxygen atoms in total. The van der Waals surface area contributed by atoms with Crippen molar-refractivity contribution in [2.24, 2.45) is 5.41 Å². The van der Waals surface area contributed by atoms with E-state index in [2.05, 4.69) is 31.1 Å². The zero-order chi connectivity index (χ0) is 14.5. The number of pyridine rings is 1. The summed E-state index contributed by atoms with van der Waals surface area (Å²) in [5.74, 6) is 0.459. The van der Waals surface area contributed by atoms with Crippen molar-refractivity contribution in [1.29, 1.82) is 0 Å². The summed E-state index contributed by atoms with van der Waals surface area (Å²) in [6.45, 7) is 7.42. The molecule has 5 heteroatoms. The summed E-state index contributed by atoms with van der Waals surface area (Å²) in [4.78, 5) is 4.37. The van der Waals surface area contributed by atoms with Crippen LogP contribution in [0, 0.1) is 5.41 Å². The predicted molar refractivity (Wildman–Crippen MR) is 79.1 cm³/mol. The minimum Gasteiger partial charge on any atom is -0.369 e.